The number of carbonyl (C=O) groups is 2. The van der Waals surface area contributed by atoms with Crippen LogP contribution in [-0.4, -0.2) is 33.4 Å². The molecule has 27 heavy (non-hydrogen) atoms. The van der Waals surface area contributed by atoms with Crippen molar-refractivity contribution in [1.82, 2.24) is 0 Å². The highest BCUT2D eigenvalue weighted by atomic mass is 33.1. The first-order valence-corrected chi connectivity index (χ1v) is 11.2. The number of carbonyl (C=O) groups excluding carboxylic acids is 2. The van der Waals surface area contributed by atoms with Crippen molar-refractivity contribution in [3.63, 3.8) is 0 Å². The summed E-state index contributed by atoms with van der Waals surface area (Å²) in [6, 6.07) is 5.65. The van der Waals surface area contributed by atoms with Gasteiger partial charge in [0.2, 0.25) is 12.3 Å². The summed E-state index contributed by atoms with van der Waals surface area (Å²) in [6.07, 6.45) is 0.413. The molecule has 3 heterocycles. The second kappa shape index (κ2) is 5.24. The molecule has 4 fully saturated rings. The van der Waals surface area contributed by atoms with Crippen molar-refractivity contribution in [3.8, 4) is 11.5 Å². The van der Waals surface area contributed by atoms with Gasteiger partial charge in [-0.2, -0.15) is 0 Å². The van der Waals surface area contributed by atoms with Gasteiger partial charge in [0.05, 0.1) is 16.6 Å². The van der Waals surface area contributed by atoms with Crippen LogP contribution in [0.5, 0.6) is 11.5 Å². The zero-order chi connectivity index (χ0) is 19.2. The zero-order valence-electron chi connectivity index (χ0n) is 15.3. The summed E-state index contributed by atoms with van der Waals surface area (Å²) in [4.78, 5) is 31.0. The number of hydrogen-bond acceptors (Lipinski definition) is 6. The summed E-state index contributed by atoms with van der Waals surface area (Å²) < 4.78 is 9.39. The van der Waals surface area contributed by atoms with Gasteiger partial charge in [0.1, 0.15) is 4.75 Å². The second-order valence-corrected chi connectivity index (χ2v) is 11.2. The van der Waals surface area contributed by atoms with E-state index in [-0.39, 0.29) is 30.2 Å². The lowest BCUT2D eigenvalue weighted by Gasteiger charge is -2.53. The number of nitrogens with zero attached hydrogens (tertiary/aromatic N) is 1. The van der Waals surface area contributed by atoms with Crippen molar-refractivity contribution in [2.24, 2.45) is 11.8 Å². The number of ether oxygens (including phenoxy) is 2. The van der Waals surface area contributed by atoms with Crippen LogP contribution in [0.15, 0.2) is 18.2 Å². The third kappa shape index (κ3) is 1.93. The average molecular weight is 402 g/mol. The molecule has 0 amide bonds. The van der Waals surface area contributed by atoms with Crippen molar-refractivity contribution in [2.45, 2.75) is 48.1 Å². The number of rotatable bonds is 1. The Morgan fingerprint density at radius 3 is 2.59 bits per heavy atom. The first kappa shape index (κ1) is 17.4. The highest BCUT2D eigenvalue weighted by Crippen LogP contribution is 2.72. The van der Waals surface area contributed by atoms with Gasteiger partial charge < -0.3 is 14.3 Å². The largest absolute Gasteiger partial charge is 0.454 e. The molecule has 1 spiro atoms. The van der Waals surface area contributed by atoms with E-state index in [1.54, 1.807) is 0 Å². The Hall–Kier alpha value is -1.65. The summed E-state index contributed by atoms with van der Waals surface area (Å²) >= 11 is 0. The molecule has 2 aliphatic carbocycles. The highest BCUT2D eigenvalue weighted by molar-refractivity contribution is 8.78. The Balaban J connectivity index is 1.71. The molecule has 7 heteroatoms. The molecule has 140 valence electrons. The van der Waals surface area contributed by atoms with E-state index < -0.39 is 21.0 Å². The summed E-state index contributed by atoms with van der Waals surface area (Å²) in [5, 5.41) is 0. The van der Waals surface area contributed by atoms with Crippen LogP contribution < -0.4 is 9.47 Å². The minimum atomic E-state index is -0.813. The second-order valence-electron chi connectivity index (χ2n) is 8.33. The molecule has 0 N–H and O–H groups in total. The molecular weight excluding hydrogens is 382 g/mol. The minimum Gasteiger partial charge on any atom is -0.454 e. The number of fused-ring (bicyclic) bond motifs is 3. The minimum absolute atomic E-state index is 0.119. The maximum Gasteiger partial charge on any atom is 0.239 e. The third-order valence-corrected chi connectivity index (χ3v) is 11.0. The van der Waals surface area contributed by atoms with Crippen LogP contribution in [0.2, 0.25) is 0 Å². The van der Waals surface area contributed by atoms with E-state index in [1.807, 2.05) is 39.0 Å². The van der Waals surface area contributed by atoms with Crippen LogP contribution in [0.25, 0.3) is 4.85 Å². The predicted molar refractivity (Wildman–Crippen MR) is 104 cm³/mol. The molecule has 1 aromatic carbocycles. The maximum atomic E-state index is 13.6. The molecule has 6 rings (SSSR count). The van der Waals surface area contributed by atoms with Crippen molar-refractivity contribution in [1.29, 1.82) is 0 Å². The van der Waals surface area contributed by atoms with Crippen LogP contribution in [0.4, 0.5) is 0 Å². The fraction of sp³-hybridized carbons (Fsp3) is 0.550. The van der Waals surface area contributed by atoms with Crippen LogP contribution in [-0.2, 0) is 9.59 Å². The molecule has 6 atom stereocenters. The van der Waals surface area contributed by atoms with E-state index in [1.165, 1.54) is 21.6 Å². The SMILES string of the molecule is [C-]#[N+][C@]1(C)C[C@]23SS[C@](C)(C(=O)C2[C@@H]1c1ccc2c(c1)OCO2)C(C)C3=O. The van der Waals surface area contributed by atoms with Crippen LogP contribution >= 0.6 is 21.6 Å². The van der Waals surface area contributed by atoms with Crippen molar-refractivity contribution >= 4 is 33.2 Å². The maximum absolute atomic E-state index is 13.6. The van der Waals surface area contributed by atoms with Gasteiger partial charge in [-0.1, -0.05) is 34.6 Å². The average Bonchev–Trinajstić information content (AvgIpc) is 3.23. The summed E-state index contributed by atoms with van der Waals surface area (Å²) in [7, 11) is 3.06. The van der Waals surface area contributed by atoms with Gasteiger partial charge in [-0.3, -0.25) is 9.59 Å². The predicted octanol–water partition coefficient (Wildman–Crippen LogP) is 3.88. The molecule has 2 saturated heterocycles. The van der Waals surface area contributed by atoms with E-state index in [2.05, 4.69) is 4.85 Å². The molecule has 2 unspecified atom stereocenters. The van der Waals surface area contributed by atoms with E-state index in [0.29, 0.717) is 17.9 Å². The normalized spacial score (nSPS) is 44.3. The van der Waals surface area contributed by atoms with Gasteiger partial charge in [0.15, 0.2) is 23.1 Å². The molecule has 3 aliphatic heterocycles. The van der Waals surface area contributed by atoms with Crippen molar-refractivity contribution in [2.75, 3.05) is 6.79 Å². The number of benzene rings is 1. The van der Waals surface area contributed by atoms with E-state index >= 15 is 0 Å². The molecule has 5 nitrogen and oxygen atoms in total. The number of hydrogen-bond donors (Lipinski definition) is 0. The van der Waals surface area contributed by atoms with Crippen molar-refractivity contribution < 1.29 is 19.1 Å². The fourth-order valence-electron chi connectivity index (χ4n) is 5.29. The van der Waals surface area contributed by atoms with E-state index in [4.69, 9.17) is 16.0 Å². The topological polar surface area (TPSA) is 57.0 Å². The van der Waals surface area contributed by atoms with Crippen LogP contribution in [0.3, 0.4) is 0 Å². The first-order valence-electron chi connectivity index (χ1n) is 9.00. The monoisotopic (exact) mass is 401 g/mol. The molecule has 2 bridgehead atoms. The Morgan fingerprint density at radius 1 is 1.11 bits per heavy atom. The van der Waals surface area contributed by atoms with Gasteiger partial charge in [-0.25, -0.2) is 6.57 Å². The molecular formula is C20H19NO4S2. The van der Waals surface area contributed by atoms with Crippen LogP contribution in [0.1, 0.15) is 38.7 Å². The smallest absolute Gasteiger partial charge is 0.239 e. The van der Waals surface area contributed by atoms with Gasteiger partial charge >= 0.3 is 0 Å². The summed E-state index contributed by atoms with van der Waals surface area (Å²) in [6.45, 7) is 13.8. The van der Waals surface area contributed by atoms with E-state index in [9.17, 15) is 9.59 Å². The molecule has 0 radical (unpaired) electrons. The van der Waals surface area contributed by atoms with Gasteiger partial charge in [-0.15, -0.1) is 0 Å². The summed E-state index contributed by atoms with van der Waals surface area (Å²) in [5.74, 6) is 0.442. The Bertz CT molecular complexity index is 942. The Kier molecular flexibility index (Phi) is 3.38. The summed E-state index contributed by atoms with van der Waals surface area (Å²) in [5.41, 5.74) is 0.0715. The number of Topliss-reactive ketones (excluding diaryl/α,β-unsaturated/α-hetero) is 2. The number of ketones is 2. The third-order valence-electron chi connectivity index (χ3n) is 6.91. The lowest BCUT2D eigenvalue weighted by molar-refractivity contribution is -0.141. The van der Waals surface area contributed by atoms with Gasteiger partial charge in [0.25, 0.3) is 0 Å². The first-order chi connectivity index (χ1) is 12.8. The highest BCUT2D eigenvalue weighted by Gasteiger charge is 2.78. The fourth-order valence-corrected chi connectivity index (χ4v) is 9.40. The molecule has 0 aromatic heterocycles. The zero-order valence-corrected chi connectivity index (χ0v) is 16.9. The molecule has 2 saturated carbocycles. The molecule has 5 aliphatic rings. The quantitative estimate of drug-likeness (QED) is 0.526. The van der Waals surface area contributed by atoms with Crippen LogP contribution in [0, 0.1) is 18.4 Å². The lowest BCUT2D eigenvalue weighted by Crippen LogP contribution is -2.65. The molecule has 1 aromatic rings. The standard InChI is InChI=1S/C20H19NO4S2/c1-10-16(22)20-8-18(2,21-4)14(15(20)17(23)19(10,3)26-27-20)11-5-6-12-13(7-11)25-9-24-12/h5-7,10,14-15H,8-9H2,1-3H3/t10?,14-,15?,18+,19-,20-/m0/s1. The van der Waals surface area contributed by atoms with E-state index in [0.717, 1.165) is 5.56 Å². The van der Waals surface area contributed by atoms with Gasteiger partial charge in [0, 0.05) is 19.3 Å². The van der Waals surface area contributed by atoms with Gasteiger partial charge in [-0.05, 0) is 24.6 Å². The van der Waals surface area contributed by atoms with Crippen molar-refractivity contribution in [3.05, 3.63) is 35.2 Å². The Labute approximate surface area is 165 Å². The lowest BCUT2D eigenvalue weighted by atomic mass is 9.64. The Morgan fingerprint density at radius 2 is 1.85 bits per heavy atom.